The van der Waals surface area contributed by atoms with E-state index < -0.39 is 0 Å². The minimum Gasteiger partial charge on any atom is -0.489 e. The lowest BCUT2D eigenvalue weighted by molar-refractivity contribution is -0.522. The molecule has 3 aromatic carbocycles. The molecule has 0 fully saturated rings. The van der Waals surface area contributed by atoms with Crippen LogP contribution in [-0.4, -0.2) is 4.76 Å². The number of fused-ring (bicyclic) bond motifs is 1. The Morgan fingerprint density at radius 1 is 1.00 bits per heavy atom. The standard InChI is InChI=1S/C25H23FNO2/c1-17(2)25-24(19-8-10-21(26)11-9-19)23-13-12-22(14-20(23)15-27(25)28)29-16-18-6-4-3-5-7-18/h3-14,17H,15-16H2,1-2H3/q+1. The van der Waals surface area contributed by atoms with Gasteiger partial charge in [-0.1, -0.05) is 56.3 Å². The van der Waals surface area contributed by atoms with Crippen LogP contribution in [0.1, 0.15) is 36.1 Å². The Hall–Kier alpha value is -3.27. The van der Waals surface area contributed by atoms with E-state index in [0.717, 1.165) is 44.0 Å². The van der Waals surface area contributed by atoms with E-state index in [0.29, 0.717) is 6.61 Å². The summed E-state index contributed by atoms with van der Waals surface area (Å²) in [6.07, 6.45) is 0. The molecule has 0 saturated heterocycles. The molecule has 0 saturated carbocycles. The molecule has 0 atom stereocenters. The lowest BCUT2D eigenvalue weighted by Crippen LogP contribution is -2.21. The molecule has 0 aliphatic carbocycles. The van der Waals surface area contributed by atoms with Gasteiger partial charge in [0.15, 0.2) is 0 Å². The highest BCUT2D eigenvalue weighted by atomic mass is 19.1. The van der Waals surface area contributed by atoms with Gasteiger partial charge in [-0.15, -0.1) is 0 Å². The zero-order valence-electron chi connectivity index (χ0n) is 16.6. The van der Waals surface area contributed by atoms with Crippen LogP contribution in [0.3, 0.4) is 0 Å². The fourth-order valence-corrected chi connectivity index (χ4v) is 3.77. The van der Waals surface area contributed by atoms with Gasteiger partial charge in [0.1, 0.15) is 18.2 Å². The summed E-state index contributed by atoms with van der Waals surface area (Å²) in [6, 6.07) is 22.2. The molecule has 29 heavy (non-hydrogen) atoms. The van der Waals surface area contributed by atoms with Crippen LogP contribution in [0, 0.1) is 16.6 Å². The fourth-order valence-electron chi connectivity index (χ4n) is 3.77. The molecule has 0 N–H and O–H groups in total. The predicted octanol–water partition coefficient (Wildman–Crippen LogP) is 6.11. The van der Waals surface area contributed by atoms with Gasteiger partial charge in [0.25, 0.3) is 0 Å². The lowest BCUT2D eigenvalue weighted by atomic mass is 9.86. The van der Waals surface area contributed by atoms with Crippen LogP contribution in [0.2, 0.25) is 0 Å². The number of halogens is 1. The van der Waals surface area contributed by atoms with Crippen LogP contribution in [-0.2, 0) is 13.2 Å². The number of hydrogen-bond acceptors (Lipinski definition) is 2. The molecular formula is C25H23FNO2+. The first kappa shape index (κ1) is 19.1. The molecule has 0 bridgehead atoms. The minimum absolute atomic E-state index is 0.0507. The number of nitroso groups, excluding NO2 is 1. The van der Waals surface area contributed by atoms with Crippen LogP contribution in [0.25, 0.3) is 5.57 Å². The van der Waals surface area contributed by atoms with Crippen LogP contribution >= 0.6 is 0 Å². The van der Waals surface area contributed by atoms with E-state index in [-0.39, 0.29) is 18.3 Å². The van der Waals surface area contributed by atoms with Crippen LogP contribution in [0.15, 0.2) is 78.5 Å². The first-order valence-electron chi connectivity index (χ1n) is 9.77. The van der Waals surface area contributed by atoms with Gasteiger partial charge in [0.05, 0.1) is 5.57 Å². The minimum atomic E-state index is -0.292. The second-order valence-corrected chi connectivity index (χ2v) is 7.55. The second-order valence-electron chi connectivity index (χ2n) is 7.55. The third-order valence-electron chi connectivity index (χ3n) is 5.11. The highest BCUT2D eigenvalue weighted by Gasteiger charge is 2.35. The van der Waals surface area contributed by atoms with E-state index in [1.165, 1.54) is 12.1 Å². The molecule has 1 heterocycles. The Balaban J connectivity index is 1.72. The van der Waals surface area contributed by atoms with E-state index >= 15 is 0 Å². The third-order valence-corrected chi connectivity index (χ3v) is 5.11. The van der Waals surface area contributed by atoms with Crippen LogP contribution in [0.5, 0.6) is 5.75 Å². The molecule has 146 valence electrons. The quantitative estimate of drug-likeness (QED) is 0.493. The summed E-state index contributed by atoms with van der Waals surface area (Å²) in [5, 5.41) is 0. The van der Waals surface area contributed by atoms with Gasteiger partial charge in [-0.25, -0.2) is 4.39 Å². The van der Waals surface area contributed by atoms with Gasteiger partial charge in [-0.05, 0) is 47.0 Å². The zero-order valence-corrected chi connectivity index (χ0v) is 16.6. The van der Waals surface area contributed by atoms with Gasteiger partial charge in [-0.2, -0.15) is 0 Å². The van der Waals surface area contributed by atoms with Gasteiger partial charge in [0.2, 0.25) is 12.2 Å². The topological polar surface area (TPSA) is 29.3 Å². The van der Waals surface area contributed by atoms with Crippen molar-refractivity contribution in [3.8, 4) is 5.75 Å². The first-order chi connectivity index (χ1) is 14.0. The number of benzene rings is 3. The molecule has 1 aliphatic rings. The summed E-state index contributed by atoms with van der Waals surface area (Å²) in [5.41, 5.74) is 5.43. The number of allylic oxidation sites excluding steroid dienone is 1. The van der Waals surface area contributed by atoms with E-state index in [1.54, 1.807) is 12.1 Å². The summed E-state index contributed by atoms with van der Waals surface area (Å²) in [7, 11) is 0. The monoisotopic (exact) mass is 388 g/mol. The summed E-state index contributed by atoms with van der Waals surface area (Å²) in [6.45, 7) is 4.76. The van der Waals surface area contributed by atoms with Crippen molar-refractivity contribution in [2.45, 2.75) is 27.0 Å². The van der Waals surface area contributed by atoms with E-state index in [4.69, 9.17) is 4.74 Å². The highest BCUT2D eigenvalue weighted by molar-refractivity contribution is 5.83. The molecule has 0 aromatic heterocycles. The molecular weight excluding hydrogens is 365 g/mol. The Morgan fingerprint density at radius 2 is 1.72 bits per heavy atom. The average Bonchev–Trinajstić information content (AvgIpc) is 2.72. The highest BCUT2D eigenvalue weighted by Crippen LogP contribution is 2.38. The SMILES string of the molecule is CC(C)C1=C(c2ccc(F)cc2)c2ccc(OCc3ccccc3)cc2C[N+]1=O. The average molecular weight is 388 g/mol. The molecule has 3 nitrogen and oxygen atoms in total. The maximum atomic E-state index is 13.5. The normalized spacial score (nSPS) is 13.6. The van der Waals surface area contributed by atoms with E-state index in [9.17, 15) is 9.30 Å². The van der Waals surface area contributed by atoms with Crippen molar-refractivity contribution in [1.29, 1.82) is 0 Å². The maximum absolute atomic E-state index is 13.5. The summed E-state index contributed by atoms with van der Waals surface area (Å²) in [4.78, 5) is 12.9. The van der Waals surface area contributed by atoms with Crippen LogP contribution < -0.4 is 4.74 Å². The van der Waals surface area contributed by atoms with Crippen molar-refractivity contribution in [2.75, 3.05) is 0 Å². The lowest BCUT2D eigenvalue weighted by Gasteiger charge is -2.20. The molecule has 4 heteroatoms. The van der Waals surface area contributed by atoms with Crippen LogP contribution in [0.4, 0.5) is 4.39 Å². The molecule has 0 amide bonds. The predicted molar refractivity (Wildman–Crippen MR) is 112 cm³/mol. The largest absolute Gasteiger partial charge is 0.489 e. The summed E-state index contributed by atoms with van der Waals surface area (Å²) in [5.74, 6) is 0.488. The Bertz CT molecular complexity index is 1070. The smallest absolute Gasteiger partial charge is 0.244 e. The number of nitrogens with zero attached hydrogens (tertiary/aromatic N) is 1. The molecule has 1 aliphatic heterocycles. The fraction of sp³-hybridized carbons (Fsp3) is 0.200. The molecule has 0 radical (unpaired) electrons. The molecule has 4 rings (SSSR count). The number of hydrogen-bond donors (Lipinski definition) is 0. The van der Waals surface area contributed by atoms with Gasteiger partial charge in [-0.3, -0.25) is 0 Å². The van der Waals surface area contributed by atoms with E-state index in [1.807, 2.05) is 62.4 Å². The van der Waals surface area contributed by atoms with Crippen molar-refractivity contribution < 1.29 is 13.9 Å². The first-order valence-corrected chi connectivity index (χ1v) is 9.77. The van der Waals surface area contributed by atoms with Gasteiger partial charge >= 0.3 is 0 Å². The summed E-state index contributed by atoms with van der Waals surface area (Å²) >= 11 is 0. The molecule has 0 unspecified atom stereocenters. The van der Waals surface area contributed by atoms with Gasteiger partial charge in [0, 0.05) is 21.1 Å². The zero-order chi connectivity index (χ0) is 20.4. The number of rotatable bonds is 5. The van der Waals surface area contributed by atoms with Crippen molar-refractivity contribution in [1.82, 2.24) is 0 Å². The van der Waals surface area contributed by atoms with Crippen molar-refractivity contribution in [3.05, 3.63) is 111 Å². The second kappa shape index (κ2) is 8.00. The van der Waals surface area contributed by atoms with Crippen molar-refractivity contribution in [3.63, 3.8) is 0 Å². The molecule has 0 spiro atoms. The maximum Gasteiger partial charge on any atom is 0.244 e. The summed E-state index contributed by atoms with van der Waals surface area (Å²) < 4.78 is 20.4. The third kappa shape index (κ3) is 3.97. The van der Waals surface area contributed by atoms with Crippen molar-refractivity contribution >= 4 is 5.57 Å². The number of ether oxygens (including phenoxy) is 1. The van der Waals surface area contributed by atoms with E-state index in [2.05, 4.69) is 0 Å². The Kier molecular flexibility index (Phi) is 5.26. The van der Waals surface area contributed by atoms with Crippen molar-refractivity contribution in [2.24, 2.45) is 5.92 Å². The Labute approximate surface area is 170 Å². The Morgan fingerprint density at radius 3 is 2.41 bits per heavy atom. The van der Waals surface area contributed by atoms with Gasteiger partial charge < -0.3 is 4.74 Å². The molecule has 3 aromatic rings.